The van der Waals surface area contributed by atoms with Gasteiger partial charge in [-0.15, -0.1) is 0 Å². The molecule has 0 aliphatic carbocycles. The molecule has 22 heavy (non-hydrogen) atoms. The molecule has 3 rings (SSSR count). The Morgan fingerprint density at radius 1 is 1.27 bits per heavy atom. The van der Waals surface area contributed by atoms with Crippen molar-refractivity contribution in [2.45, 2.75) is 12.8 Å². The quantitative estimate of drug-likeness (QED) is 0.920. The number of carbonyl (C=O) groups excluding carboxylic acids is 3. The summed E-state index contributed by atoms with van der Waals surface area (Å²) >= 11 is 1.24. The van der Waals surface area contributed by atoms with Crippen molar-refractivity contribution in [1.82, 2.24) is 4.90 Å². The fraction of sp³-hybridized carbons (Fsp3) is 0.400. The van der Waals surface area contributed by atoms with Crippen molar-refractivity contribution in [3.63, 3.8) is 0 Å². The zero-order valence-corrected chi connectivity index (χ0v) is 12.9. The number of nitrogens with zero attached hydrogens (tertiary/aromatic N) is 2. The Kier molecular flexibility index (Phi) is 4.33. The van der Waals surface area contributed by atoms with Crippen LogP contribution in [-0.2, 0) is 9.59 Å². The van der Waals surface area contributed by atoms with Crippen LogP contribution in [0.15, 0.2) is 24.3 Å². The molecule has 2 aliphatic heterocycles. The number of amides is 3. The van der Waals surface area contributed by atoms with E-state index in [1.165, 1.54) is 16.7 Å². The molecule has 0 spiro atoms. The van der Waals surface area contributed by atoms with Crippen molar-refractivity contribution in [2.24, 2.45) is 0 Å². The van der Waals surface area contributed by atoms with Crippen LogP contribution in [0, 0.1) is 0 Å². The molecule has 6 nitrogen and oxygen atoms in total. The molecule has 1 aromatic rings. The molecule has 0 bridgehead atoms. The van der Waals surface area contributed by atoms with E-state index in [1.807, 2.05) is 12.1 Å². The number of hydrogen-bond donors (Lipinski definition) is 1. The predicted octanol–water partition coefficient (Wildman–Crippen LogP) is 1.92. The highest BCUT2D eigenvalue weighted by atomic mass is 32.2. The van der Waals surface area contributed by atoms with Gasteiger partial charge < -0.3 is 15.1 Å². The molecule has 0 radical (unpaired) electrons. The summed E-state index contributed by atoms with van der Waals surface area (Å²) in [6.45, 7) is 1.40. The van der Waals surface area contributed by atoms with Gasteiger partial charge in [0.1, 0.15) is 6.54 Å². The van der Waals surface area contributed by atoms with E-state index in [2.05, 4.69) is 5.32 Å². The first-order valence-corrected chi connectivity index (χ1v) is 8.24. The van der Waals surface area contributed by atoms with Gasteiger partial charge in [0.2, 0.25) is 11.8 Å². The number of hydrogen-bond acceptors (Lipinski definition) is 4. The van der Waals surface area contributed by atoms with Crippen LogP contribution in [0.5, 0.6) is 0 Å². The fourth-order valence-corrected chi connectivity index (χ4v) is 3.44. The van der Waals surface area contributed by atoms with Crippen LogP contribution < -0.4 is 10.2 Å². The third-order valence-corrected chi connectivity index (χ3v) is 4.59. The van der Waals surface area contributed by atoms with Crippen LogP contribution in [0.25, 0.3) is 0 Å². The van der Waals surface area contributed by atoms with Crippen LogP contribution in [0.3, 0.4) is 0 Å². The maximum absolute atomic E-state index is 12.0. The standard InChI is InChI=1S/C15H17N3O3S/c19-13(10-17-7-8-22-15(17)21)16-11-3-1-4-12(9-11)18-6-2-5-14(18)20/h1,3-4,9H,2,5-8,10H2,(H,16,19). The summed E-state index contributed by atoms with van der Waals surface area (Å²) in [7, 11) is 0. The Morgan fingerprint density at radius 3 is 2.82 bits per heavy atom. The minimum atomic E-state index is -0.222. The van der Waals surface area contributed by atoms with Crippen molar-refractivity contribution >= 4 is 40.2 Å². The van der Waals surface area contributed by atoms with Gasteiger partial charge in [-0.1, -0.05) is 17.8 Å². The molecule has 0 atom stereocenters. The second kappa shape index (κ2) is 6.39. The highest BCUT2D eigenvalue weighted by molar-refractivity contribution is 8.13. The molecular weight excluding hydrogens is 302 g/mol. The van der Waals surface area contributed by atoms with Crippen LogP contribution in [0.2, 0.25) is 0 Å². The molecule has 2 aliphatic rings. The van der Waals surface area contributed by atoms with E-state index >= 15 is 0 Å². The minimum Gasteiger partial charge on any atom is -0.324 e. The number of rotatable bonds is 4. The third-order valence-electron chi connectivity index (χ3n) is 3.69. The van der Waals surface area contributed by atoms with Gasteiger partial charge in [-0.25, -0.2) is 0 Å². The molecular formula is C15H17N3O3S. The van der Waals surface area contributed by atoms with Gasteiger partial charge in [-0.2, -0.15) is 0 Å². The zero-order valence-electron chi connectivity index (χ0n) is 12.1. The molecule has 7 heteroatoms. The summed E-state index contributed by atoms with van der Waals surface area (Å²) in [6, 6.07) is 7.25. The Balaban J connectivity index is 1.63. The Morgan fingerprint density at radius 2 is 2.14 bits per heavy atom. The summed E-state index contributed by atoms with van der Waals surface area (Å²) in [5.41, 5.74) is 1.44. The average molecular weight is 319 g/mol. The highest BCUT2D eigenvalue weighted by Crippen LogP contribution is 2.24. The molecule has 0 aromatic heterocycles. The van der Waals surface area contributed by atoms with Crippen LogP contribution >= 0.6 is 11.8 Å². The van der Waals surface area contributed by atoms with E-state index in [1.54, 1.807) is 17.0 Å². The van der Waals surface area contributed by atoms with E-state index in [0.29, 0.717) is 18.7 Å². The van der Waals surface area contributed by atoms with Gasteiger partial charge >= 0.3 is 0 Å². The number of thioether (sulfide) groups is 1. The topological polar surface area (TPSA) is 69.7 Å². The lowest BCUT2D eigenvalue weighted by molar-refractivity contribution is -0.117. The van der Waals surface area contributed by atoms with Crippen LogP contribution in [0.4, 0.5) is 16.2 Å². The summed E-state index contributed by atoms with van der Waals surface area (Å²) in [5.74, 6) is 0.627. The summed E-state index contributed by atoms with van der Waals surface area (Å²) < 4.78 is 0. The largest absolute Gasteiger partial charge is 0.324 e. The fourth-order valence-electron chi connectivity index (χ4n) is 2.62. The summed E-state index contributed by atoms with van der Waals surface area (Å²) in [4.78, 5) is 38.5. The van der Waals surface area contributed by atoms with E-state index < -0.39 is 0 Å². The Labute approximate surface area is 132 Å². The molecule has 1 aromatic carbocycles. The van der Waals surface area contributed by atoms with E-state index in [-0.39, 0.29) is 23.6 Å². The SMILES string of the molecule is O=C(CN1CCSC1=O)Nc1cccc(N2CCCC2=O)c1. The molecule has 0 saturated carbocycles. The lowest BCUT2D eigenvalue weighted by Crippen LogP contribution is -2.33. The first-order chi connectivity index (χ1) is 10.6. The second-order valence-electron chi connectivity index (χ2n) is 5.28. The zero-order chi connectivity index (χ0) is 15.5. The van der Waals surface area contributed by atoms with Gasteiger partial charge in [0.25, 0.3) is 5.24 Å². The third kappa shape index (κ3) is 3.24. The maximum atomic E-state index is 12.0. The smallest absolute Gasteiger partial charge is 0.282 e. The normalized spacial score (nSPS) is 18.2. The van der Waals surface area contributed by atoms with Gasteiger partial charge in [0.15, 0.2) is 0 Å². The van der Waals surface area contributed by atoms with Gasteiger partial charge in [0.05, 0.1) is 0 Å². The van der Waals surface area contributed by atoms with Crippen molar-refractivity contribution in [1.29, 1.82) is 0 Å². The molecule has 2 fully saturated rings. The van der Waals surface area contributed by atoms with Crippen LogP contribution in [-0.4, -0.2) is 47.3 Å². The van der Waals surface area contributed by atoms with E-state index in [4.69, 9.17) is 0 Å². The molecule has 1 N–H and O–H groups in total. The number of anilines is 2. The second-order valence-corrected chi connectivity index (χ2v) is 6.33. The summed E-state index contributed by atoms with van der Waals surface area (Å²) in [5, 5.41) is 2.74. The molecule has 0 unspecified atom stereocenters. The first-order valence-electron chi connectivity index (χ1n) is 7.25. The van der Waals surface area contributed by atoms with E-state index in [9.17, 15) is 14.4 Å². The lowest BCUT2D eigenvalue weighted by atomic mass is 10.2. The number of nitrogens with one attached hydrogen (secondary N) is 1. The lowest BCUT2D eigenvalue weighted by Gasteiger charge is -2.17. The number of benzene rings is 1. The molecule has 116 valence electrons. The Hall–Kier alpha value is -2.02. The summed E-state index contributed by atoms with van der Waals surface area (Å²) in [6.07, 6.45) is 1.44. The first kappa shape index (κ1) is 14.9. The molecule has 2 heterocycles. The van der Waals surface area contributed by atoms with Gasteiger partial charge in [-0.3, -0.25) is 14.4 Å². The monoisotopic (exact) mass is 319 g/mol. The molecule has 2 saturated heterocycles. The van der Waals surface area contributed by atoms with Gasteiger partial charge in [-0.05, 0) is 24.6 Å². The predicted molar refractivity (Wildman–Crippen MR) is 86.1 cm³/mol. The van der Waals surface area contributed by atoms with Crippen molar-refractivity contribution in [2.75, 3.05) is 35.6 Å². The highest BCUT2D eigenvalue weighted by Gasteiger charge is 2.24. The van der Waals surface area contributed by atoms with E-state index in [0.717, 1.165) is 24.4 Å². The van der Waals surface area contributed by atoms with Crippen molar-refractivity contribution in [3.05, 3.63) is 24.3 Å². The minimum absolute atomic E-state index is 0.0495. The van der Waals surface area contributed by atoms with Crippen LogP contribution in [0.1, 0.15) is 12.8 Å². The molecule has 3 amide bonds. The average Bonchev–Trinajstić information content (AvgIpc) is 3.08. The maximum Gasteiger partial charge on any atom is 0.282 e. The van der Waals surface area contributed by atoms with Gasteiger partial charge in [0, 0.05) is 36.6 Å². The number of carbonyl (C=O) groups is 3. The van der Waals surface area contributed by atoms with Crippen molar-refractivity contribution < 1.29 is 14.4 Å². The Bertz CT molecular complexity index is 620. The van der Waals surface area contributed by atoms with Crippen molar-refractivity contribution in [3.8, 4) is 0 Å².